The summed E-state index contributed by atoms with van der Waals surface area (Å²) in [5, 5.41) is 4.32. The van der Waals surface area contributed by atoms with E-state index in [1.54, 1.807) is 11.6 Å². The van der Waals surface area contributed by atoms with Crippen LogP contribution >= 0.6 is 0 Å². The topological polar surface area (TPSA) is 57.0 Å². The van der Waals surface area contributed by atoms with Crippen LogP contribution in [0.2, 0.25) is 0 Å². The fourth-order valence-electron chi connectivity index (χ4n) is 1.99. The predicted octanol–water partition coefficient (Wildman–Crippen LogP) is 3.03. The average Bonchev–Trinajstić information content (AvgIpc) is 2.92. The van der Waals surface area contributed by atoms with Gasteiger partial charge < -0.3 is 4.74 Å². The first kappa shape index (κ1) is 15.2. The van der Waals surface area contributed by atoms with Gasteiger partial charge >= 0.3 is 5.97 Å². The van der Waals surface area contributed by atoms with Crippen molar-refractivity contribution in [3.8, 4) is 5.69 Å². The first-order chi connectivity index (χ1) is 10.2. The zero-order valence-corrected chi connectivity index (χ0v) is 12.7. The average molecular weight is 287 g/mol. The standard InChI is InChI=1S/C16H21N3O2/c1-4-12(3)11-14-17-15(16(20)21-5-2)18-19(14)13-9-7-6-8-10-13/h6-10,12H,4-5,11H2,1-3H3. The highest BCUT2D eigenvalue weighted by molar-refractivity contribution is 5.85. The minimum absolute atomic E-state index is 0.124. The van der Waals surface area contributed by atoms with Gasteiger partial charge in [-0.05, 0) is 25.0 Å². The van der Waals surface area contributed by atoms with Gasteiger partial charge in [0.15, 0.2) is 0 Å². The zero-order valence-electron chi connectivity index (χ0n) is 12.7. The number of hydrogen-bond acceptors (Lipinski definition) is 4. The molecular weight excluding hydrogens is 266 g/mol. The van der Waals surface area contributed by atoms with Gasteiger partial charge in [0.1, 0.15) is 5.82 Å². The molecule has 21 heavy (non-hydrogen) atoms. The molecule has 0 saturated carbocycles. The van der Waals surface area contributed by atoms with E-state index in [9.17, 15) is 4.79 Å². The quantitative estimate of drug-likeness (QED) is 0.766. The fourth-order valence-corrected chi connectivity index (χ4v) is 1.99. The Balaban J connectivity index is 2.38. The van der Waals surface area contributed by atoms with E-state index in [0.717, 1.165) is 24.4 Å². The Morgan fingerprint density at radius 3 is 2.62 bits per heavy atom. The highest BCUT2D eigenvalue weighted by Crippen LogP contribution is 2.15. The van der Waals surface area contributed by atoms with E-state index in [-0.39, 0.29) is 5.82 Å². The Morgan fingerprint density at radius 2 is 2.00 bits per heavy atom. The maximum Gasteiger partial charge on any atom is 0.378 e. The molecule has 0 saturated heterocycles. The first-order valence-corrected chi connectivity index (χ1v) is 7.34. The smallest absolute Gasteiger partial charge is 0.378 e. The maximum atomic E-state index is 11.8. The van der Waals surface area contributed by atoms with E-state index in [2.05, 4.69) is 23.9 Å². The molecule has 0 amide bonds. The summed E-state index contributed by atoms with van der Waals surface area (Å²) in [5.41, 5.74) is 0.902. The van der Waals surface area contributed by atoms with Crippen LogP contribution in [0.3, 0.4) is 0 Å². The molecule has 1 unspecified atom stereocenters. The summed E-state index contributed by atoms with van der Waals surface area (Å²) < 4.78 is 6.72. The van der Waals surface area contributed by atoms with E-state index in [0.29, 0.717) is 12.5 Å². The molecule has 0 radical (unpaired) electrons. The molecule has 112 valence electrons. The van der Waals surface area contributed by atoms with Gasteiger partial charge in [-0.15, -0.1) is 5.10 Å². The molecule has 0 N–H and O–H groups in total. The number of benzene rings is 1. The van der Waals surface area contributed by atoms with Crippen molar-refractivity contribution in [3.63, 3.8) is 0 Å². The monoisotopic (exact) mass is 287 g/mol. The number of para-hydroxylation sites is 1. The van der Waals surface area contributed by atoms with Crippen molar-refractivity contribution in [1.82, 2.24) is 14.8 Å². The number of esters is 1. The highest BCUT2D eigenvalue weighted by Gasteiger charge is 2.19. The molecule has 2 rings (SSSR count). The Hall–Kier alpha value is -2.17. The number of ether oxygens (including phenoxy) is 1. The first-order valence-electron chi connectivity index (χ1n) is 7.34. The van der Waals surface area contributed by atoms with Crippen LogP contribution in [-0.4, -0.2) is 27.3 Å². The van der Waals surface area contributed by atoms with Crippen molar-refractivity contribution >= 4 is 5.97 Å². The SMILES string of the molecule is CCOC(=O)c1nc(CC(C)CC)n(-c2ccccc2)n1. The lowest BCUT2D eigenvalue weighted by Gasteiger charge is -2.09. The molecular formula is C16H21N3O2. The van der Waals surface area contributed by atoms with Crippen molar-refractivity contribution in [3.05, 3.63) is 42.0 Å². The van der Waals surface area contributed by atoms with E-state index in [1.807, 2.05) is 30.3 Å². The van der Waals surface area contributed by atoms with Gasteiger partial charge in [-0.3, -0.25) is 0 Å². The molecule has 5 nitrogen and oxygen atoms in total. The summed E-state index contributed by atoms with van der Waals surface area (Å²) in [4.78, 5) is 16.2. The largest absolute Gasteiger partial charge is 0.460 e. The van der Waals surface area contributed by atoms with Crippen molar-refractivity contribution in [2.24, 2.45) is 5.92 Å². The molecule has 5 heteroatoms. The molecule has 0 aliphatic rings. The number of rotatable bonds is 6. The van der Waals surface area contributed by atoms with Crippen LogP contribution in [0.1, 0.15) is 43.6 Å². The minimum atomic E-state index is -0.474. The second-order valence-electron chi connectivity index (χ2n) is 5.04. The summed E-state index contributed by atoms with van der Waals surface area (Å²) in [6.07, 6.45) is 1.83. The molecule has 0 bridgehead atoms. The van der Waals surface area contributed by atoms with E-state index < -0.39 is 5.97 Å². The molecule has 1 heterocycles. The Labute approximate surface area is 125 Å². The van der Waals surface area contributed by atoms with Crippen LogP contribution in [0.4, 0.5) is 0 Å². The van der Waals surface area contributed by atoms with Gasteiger partial charge in [-0.25, -0.2) is 14.5 Å². The Morgan fingerprint density at radius 1 is 1.29 bits per heavy atom. The number of hydrogen-bond donors (Lipinski definition) is 0. The van der Waals surface area contributed by atoms with Crippen molar-refractivity contribution in [2.45, 2.75) is 33.6 Å². The Bertz CT molecular complexity index is 593. The van der Waals surface area contributed by atoms with Crippen LogP contribution in [0.5, 0.6) is 0 Å². The summed E-state index contributed by atoms with van der Waals surface area (Å²) in [7, 11) is 0. The van der Waals surface area contributed by atoms with Gasteiger partial charge in [0.25, 0.3) is 5.82 Å². The summed E-state index contributed by atoms with van der Waals surface area (Å²) in [6, 6.07) is 9.72. The molecule has 0 aliphatic heterocycles. The number of nitrogens with zero attached hydrogens (tertiary/aromatic N) is 3. The second kappa shape index (κ2) is 7.02. The summed E-state index contributed by atoms with van der Waals surface area (Å²) in [5.74, 6) is 0.918. The van der Waals surface area contributed by atoms with E-state index >= 15 is 0 Å². The molecule has 2 aromatic rings. The van der Waals surface area contributed by atoms with Crippen LogP contribution in [0.25, 0.3) is 5.69 Å². The van der Waals surface area contributed by atoms with Crippen LogP contribution in [-0.2, 0) is 11.2 Å². The molecule has 0 fully saturated rings. The lowest BCUT2D eigenvalue weighted by atomic mass is 10.1. The van der Waals surface area contributed by atoms with Gasteiger partial charge in [-0.2, -0.15) is 0 Å². The summed E-state index contributed by atoms with van der Waals surface area (Å²) in [6.45, 7) is 6.39. The normalized spacial score (nSPS) is 12.1. The molecule has 0 spiro atoms. The van der Waals surface area contributed by atoms with Crippen LogP contribution in [0.15, 0.2) is 30.3 Å². The Kier molecular flexibility index (Phi) is 5.09. The van der Waals surface area contributed by atoms with Gasteiger partial charge in [0.05, 0.1) is 12.3 Å². The number of carbonyl (C=O) groups is 1. The third-order valence-electron chi connectivity index (χ3n) is 3.36. The van der Waals surface area contributed by atoms with E-state index in [4.69, 9.17) is 4.74 Å². The van der Waals surface area contributed by atoms with Crippen LogP contribution < -0.4 is 0 Å². The van der Waals surface area contributed by atoms with Crippen molar-refractivity contribution in [1.29, 1.82) is 0 Å². The lowest BCUT2D eigenvalue weighted by molar-refractivity contribution is 0.0512. The van der Waals surface area contributed by atoms with Crippen molar-refractivity contribution in [2.75, 3.05) is 6.61 Å². The predicted molar refractivity (Wildman–Crippen MR) is 80.5 cm³/mol. The fraction of sp³-hybridized carbons (Fsp3) is 0.438. The van der Waals surface area contributed by atoms with Crippen molar-refractivity contribution < 1.29 is 9.53 Å². The van der Waals surface area contributed by atoms with Crippen LogP contribution in [0, 0.1) is 5.92 Å². The number of carbonyl (C=O) groups excluding carboxylic acids is 1. The molecule has 1 aromatic heterocycles. The van der Waals surface area contributed by atoms with E-state index in [1.165, 1.54) is 0 Å². The summed E-state index contributed by atoms with van der Waals surface area (Å²) >= 11 is 0. The van der Waals surface area contributed by atoms with Gasteiger partial charge in [0.2, 0.25) is 0 Å². The molecule has 1 atom stereocenters. The third-order valence-corrected chi connectivity index (χ3v) is 3.36. The molecule has 1 aromatic carbocycles. The lowest BCUT2D eigenvalue weighted by Crippen LogP contribution is -2.08. The van der Waals surface area contributed by atoms with Gasteiger partial charge in [-0.1, -0.05) is 38.5 Å². The molecule has 0 aliphatic carbocycles. The second-order valence-corrected chi connectivity index (χ2v) is 5.04. The third kappa shape index (κ3) is 3.68. The minimum Gasteiger partial charge on any atom is -0.460 e. The number of aromatic nitrogens is 3. The highest BCUT2D eigenvalue weighted by atomic mass is 16.5. The van der Waals surface area contributed by atoms with Gasteiger partial charge in [0, 0.05) is 6.42 Å². The maximum absolute atomic E-state index is 11.8. The zero-order chi connectivity index (χ0) is 15.2.